The number of hydrogen-bond donors (Lipinski definition) is 3. The lowest BCUT2D eigenvalue weighted by Crippen LogP contribution is -2.18. The maximum atomic E-state index is 12.5. The molecule has 0 bridgehead atoms. The van der Waals surface area contributed by atoms with Crippen molar-refractivity contribution >= 4 is 46.9 Å². The number of halogens is 2. The van der Waals surface area contributed by atoms with E-state index in [4.69, 9.17) is 23.2 Å². The number of rotatable bonds is 5. The van der Waals surface area contributed by atoms with E-state index in [9.17, 15) is 14.7 Å². The highest BCUT2D eigenvalue weighted by Gasteiger charge is 2.14. The summed E-state index contributed by atoms with van der Waals surface area (Å²) in [6.45, 7) is 6.34. The molecule has 0 atom stereocenters. The van der Waals surface area contributed by atoms with Crippen molar-refractivity contribution in [2.75, 3.05) is 5.32 Å². The van der Waals surface area contributed by atoms with E-state index in [-0.39, 0.29) is 27.7 Å². The van der Waals surface area contributed by atoms with Crippen LogP contribution in [0, 0.1) is 0 Å². The fraction of sp³-hybridized carbons (Fsp3) is 0.160. The molecule has 0 spiro atoms. The predicted molar refractivity (Wildman–Crippen MR) is 133 cm³/mol. The number of anilines is 1. The zero-order valence-corrected chi connectivity index (χ0v) is 19.8. The second-order valence-electron chi connectivity index (χ2n) is 8.38. The molecule has 8 heteroatoms. The third kappa shape index (κ3) is 6.34. The third-order valence-corrected chi connectivity index (χ3v) is 5.35. The van der Waals surface area contributed by atoms with E-state index in [1.54, 1.807) is 36.4 Å². The summed E-state index contributed by atoms with van der Waals surface area (Å²) < 4.78 is 0. The number of hydrogen-bond acceptors (Lipinski definition) is 4. The first-order chi connectivity index (χ1) is 15.5. The standard InChI is InChI=1S/C25H23Cl2N3O3/c1-25(2,3)18-8-4-15(5-9-18)23(32)29-20-10-6-16(7-11-20)24(33)30-28-14-17-12-19(26)13-21(27)22(17)31/h4-14,31H,1-3H3,(H,29,32)(H,30,33). The Bertz CT molecular complexity index is 1200. The van der Waals surface area contributed by atoms with Crippen molar-refractivity contribution in [3.8, 4) is 5.75 Å². The van der Waals surface area contributed by atoms with Crippen LogP contribution in [0.15, 0.2) is 65.8 Å². The zero-order chi connectivity index (χ0) is 24.2. The van der Waals surface area contributed by atoms with Gasteiger partial charge in [-0.05, 0) is 59.5 Å². The Morgan fingerprint density at radius 2 is 1.48 bits per heavy atom. The summed E-state index contributed by atoms with van der Waals surface area (Å²) in [5, 5.41) is 17.0. The van der Waals surface area contributed by atoms with E-state index in [2.05, 4.69) is 36.6 Å². The summed E-state index contributed by atoms with van der Waals surface area (Å²) in [6, 6.07) is 16.7. The normalized spacial score (nSPS) is 11.4. The zero-order valence-electron chi connectivity index (χ0n) is 18.3. The van der Waals surface area contributed by atoms with Gasteiger partial charge in [-0.2, -0.15) is 5.10 Å². The van der Waals surface area contributed by atoms with Crippen molar-refractivity contribution in [1.29, 1.82) is 0 Å². The molecule has 3 N–H and O–H groups in total. The lowest BCUT2D eigenvalue weighted by molar-refractivity contribution is 0.0954. The van der Waals surface area contributed by atoms with Crippen LogP contribution >= 0.6 is 23.2 Å². The van der Waals surface area contributed by atoms with E-state index >= 15 is 0 Å². The molecule has 0 aliphatic heterocycles. The first-order valence-electron chi connectivity index (χ1n) is 10.1. The summed E-state index contributed by atoms with van der Waals surface area (Å²) in [4.78, 5) is 24.8. The minimum absolute atomic E-state index is 0.0109. The number of phenolic OH excluding ortho intramolecular Hbond substituents is 1. The van der Waals surface area contributed by atoms with Crippen molar-refractivity contribution in [1.82, 2.24) is 5.43 Å². The highest BCUT2D eigenvalue weighted by atomic mass is 35.5. The van der Waals surface area contributed by atoms with Gasteiger partial charge in [-0.1, -0.05) is 56.1 Å². The smallest absolute Gasteiger partial charge is 0.271 e. The molecule has 6 nitrogen and oxygen atoms in total. The Labute approximate surface area is 202 Å². The second-order valence-corrected chi connectivity index (χ2v) is 9.23. The van der Waals surface area contributed by atoms with Crippen LogP contribution in [0.25, 0.3) is 0 Å². The minimum Gasteiger partial charge on any atom is -0.506 e. The Morgan fingerprint density at radius 3 is 2.09 bits per heavy atom. The average Bonchev–Trinajstić information content (AvgIpc) is 2.77. The molecule has 3 aromatic rings. The van der Waals surface area contributed by atoms with Gasteiger partial charge in [-0.3, -0.25) is 9.59 Å². The first kappa shape index (κ1) is 24.3. The summed E-state index contributed by atoms with van der Waals surface area (Å²) in [5.41, 5.74) is 5.22. The van der Waals surface area contributed by atoms with Crippen molar-refractivity contribution in [3.63, 3.8) is 0 Å². The molecular formula is C25H23Cl2N3O3. The van der Waals surface area contributed by atoms with Gasteiger partial charge in [0.15, 0.2) is 0 Å². The molecule has 0 unspecified atom stereocenters. The number of carbonyl (C=O) groups is 2. The monoisotopic (exact) mass is 483 g/mol. The molecule has 0 heterocycles. The minimum atomic E-state index is -0.463. The SMILES string of the molecule is CC(C)(C)c1ccc(C(=O)Nc2ccc(C(=O)NN=Cc3cc(Cl)cc(Cl)c3O)cc2)cc1. The van der Waals surface area contributed by atoms with E-state index in [1.807, 2.05) is 12.1 Å². The number of amides is 2. The molecule has 33 heavy (non-hydrogen) atoms. The molecule has 3 rings (SSSR count). The fourth-order valence-electron chi connectivity index (χ4n) is 2.94. The van der Waals surface area contributed by atoms with Gasteiger partial charge in [0, 0.05) is 27.4 Å². The van der Waals surface area contributed by atoms with Gasteiger partial charge in [0.05, 0.1) is 11.2 Å². The van der Waals surface area contributed by atoms with E-state index in [0.717, 1.165) is 5.56 Å². The van der Waals surface area contributed by atoms with Gasteiger partial charge in [-0.25, -0.2) is 5.43 Å². The van der Waals surface area contributed by atoms with E-state index < -0.39 is 5.91 Å². The van der Waals surface area contributed by atoms with Gasteiger partial charge in [0.1, 0.15) is 5.75 Å². The van der Waals surface area contributed by atoms with Crippen LogP contribution in [0.3, 0.4) is 0 Å². The number of phenols is 1. The van der Waals surface area contributed by atoms with Crippen LogP contribution in [0.1, 0.15) is 52.6 Å². The molecule has 2 amide bonds. The maximum absolute atomic E-state index is 12.5. The van der Waals surface area contributed by atoms with E-state index in [1.165, 1.54) is 18.3 Å². The third-order valence-electron chi connectivity index (χ3n) is 4.85. The van der Waals surface area contributed by atoms with Crippen molar-refractivity contribution < 1.29 is 14.7 Å². The molecule has 0 fully saturated rings. The van der Waals surface area contributed by atoms with Gasteiger partial charge in [0.25, 0.3) is 11.8 Å². The lowest BCUT2D eigenvalue weighted by atomic mass is 9.87. The first-order valence-corrected chi connectivity index (χ1v) is 10.8. The number of aromatic hydroxyl groups is 1. The van der Waals surface area contributed by atoms with Crippen molar-refractivity contribution in [2.45, 2.75) is 26.2 Å². The fourth-order valence-corrected chi connectivity index (χ4v) is 3.45. The Morgan fingerprint density at radius 1 is 0.909 bits per heavy atom. The van der Waals surface area contributed by atoms with Crippen LogP contribution in [-0.4, -0.2) is 23.1 Å². The summed E-state index contributed by atoms with van der Waals surface area (Å²) in [5.74, 6) is -0.890. The summed E-state index contributed by atoms with van der Waals surface area (Å²) in [7, 11) is 0. The molecular weight excluding hydrogens is 461 g/mol. The Kier molecular flexibility index (Phi) is 7.41. The number of nitrogens with zero attached hydrogens (tertiary/aromatic N) is 1. The van der Waals surface area contributed by atoms with Crippen molar-refractivity contribution in [2.24, 2.45) is 5.10 Å². The summed E-state index contributed by atoms with van der Waals surface area (Å²) in [6.07, 6.45) is 1.24. The second kappa shape index (κ2) is 10.1. The predicted octanol–water partition coefficient (Wildman–Crippen LogP) is 6.01. The van der Waals surface area contributed by atoms with Crippen LogP contribution in [0.5, 0.6) is 5.75 Å². The van der Waals surface area contributed by atoms with Gasteiger partial charge >= 0.3 is 0 Å². The summed E-state index contributed by atoms with van der Waals surface area (Å²) >= 11 is 11.8. The number of nitrogens with one attached hydrogen (secondary N) is 2. The Hall–Kier alpha value is -3.35. The number of hydrazone groups is 1. The molecule has 170 valence electrons. The molecule has 3 aromatic carbocycles. The van der Waals surface area contributed by atoms with Crippen LogP contribution in [-0.2, 0) is 5.41 Å². The number of benzene rings is 3. The van der Waals surface area contributed by atoms with Gasteiger partial charge in [-0.15, -0.1) is 0 Å². The molecule has 0 aliphatic rings. The Balaban J connectivity index is 1.60. The quantitative estimate of drug-likeness (QED) is 0.306. The topological polar surface area (TPSA) is 90.8 Å². The highest BCUT2D eigenvalue weighted by Crippen LogP contribution is 2.30. The van der Waals surface area contributed by atoms with Gasteiger partial charge in [0.2, 0.25) is 0 Å². The largest absolute Gasteiger partial charge is 0.506 e. The molecule has 0 saturated heterocycles. The molecule has 0 aromatic heterocycles. The van der Waals surface area contributed by atoms with Crippen LogP contribution in [0.4, 0.5) is 5.69 Å². The lowest BCUT2D eigenvalue weighted by Gasteiger charge is -2.19. The molecule has 0 radical (unpaired) electrons. The average molecular weight is 484 g/mol. The number of carbonyl (C=O) groups excluding carboxylic acids is 2. The van der Waals surface area contributed by atoms with Crippen LogP contribution < -0.4 is 10.7 Å². The molecule has 0 aliphatic carbocycles. The van der Waals surface area contributed by atoms with Crippen LogP contribution in [0.2, 0.25) is 10.0 Å². The van der Waals surface area contributed by atoms with Gasteiger partial charge < -0.3 is 10.4 Å². The maximum Gasteiger partial charge on any atom is 0.271 e. The molecule has 0 saturated carbocycles. The van der Waals surface area contributed by atoms with Crippen molar-refractivity contribution in [3.05, 3.63) is 93.0 Å². The van der Waals surface area contributed by atoms with E-state index in [0.29, 0.717) is 21.8 Å². The highest BCUT2D eigenvalue weighted by molar-refractivity contribution is 6.36.